The summed E-state index contributed by atoms with van der Waals surface area (Å²) in [5.74, 6) is -1.81. The molecule has 0 fully saturated rings. The van der Waals surface area contributed by atoms with Gasteiger partial charge in [0, 0.05) is 5.03 Å². The highest BCUT2D eigenvalue weighted by Crippen LogP contribution is 2.21. The Kier molecular flexibility index (Phi) is 2.83. The van der Waals surface area contributed by atoms with Crippen molar-refractivity contribution in [1.29, 1.82) is 0 Å². The van der Waals surface area contributed by atoms with Crippen LogP contribution in [0.3, 0.4) is 0 Å². The van der Waals surface area contributed by atoms with Crippen LogP contribution in [0.15, 0.2) is 23.3 Å². The summed E-state index contributed by atoms with van der Waals surface area (Å²) < 4.78 is 10.3. The van der Waals surface area contributed by atoms with Gasteiger partial charge in [-0.3, -0.25) is 4.79 Å². The maximum Gasteiger partial charge on any atom is 0.315 e. The molecule has 0 spiro atoms. The van der Waals surface area contributed by atoms with Gasteiger partial charge in [0.1, 0.15) is 5.92 Å². The first kappa shape index (κ1) is 9.22. The van der Waals surface area contributed by atoms with Crippen molar-refractivity contribution in [2.75, 3.05) is 0 Å². The number of carboxylic acid groups (broad SMARTS) is 1. The first-order chi connectivity index (χ1) is 5.65. The minimum atomic E-state index is -1.01. The minimum Gasteiger partial charge on any atom is -0.481 e. The van der Waals surface area contributed by atoms with Crippen LogP contribution in [0.4, 0.5) is 0 Å². The number of rotatable bonds is 1. The summed E-state index contributed by atoms with van der Waals surface area (Å²) in [6.45, 7) is 0. The monoisotopic (exact) mass is 204 g/mol. The molecule has 5 heteroatoms. The summed E-state index contributed by atoms with van der Waals surface area (Å²) in [4.78, 5) is 10.9. The van der Waals surface area contributed by atoms with Crippen LogP contribution < -0.4 is 0 Å². The molecule has 12 heavy (non-hydrogen) atoms. The van der Waals surface area contributed by atoms with Crippen molar-refractivity contribution in [2.24, 2.45) is 5.92 Å². The van der Waals surface area contributed by atoms with Crippen LogP contribution >= 0.6 is 11.6 Å². The first-order valence-corrected chi connectivity index (χ1v) is 4.22. The van der Waals surface area contributed by atoms with Gasteiger partial charge in [-0.1, -0.05) is 17.7 Å². The highest BCUT2D eigenvalue weighted by molar-refractivity contribution is 7.67. The van der Waals surface area contributed by atoms with Gasteiger partial charge in [-0.15, -0.1) is 0 Å². The van der Waals surface area contributed by atoms with Crippen molar-refractivity contribution in [3.8, 4) is 0 Å². The zero-order valence-electron chi connectivity index (χ0n) is 5.86. The number of halogens is 1. The molecule has 0 saturated carbocycles. The van der Waals surface area contributed by atoms with Gasteiger partial charge in [-0.05, 0) is 12.2 Å². The average Bonchev–Trinajstić information content (AvgIpc) is 2.03. The summed E-state index contributed by atoms with van der Waals surface area (Å²) in [5, 5.41) is 8.77. The van der Waals surface area contributed by atoms with E-state index >= 15 is 0 Å². The standard InChI is InChI=1S/C7H5ClO3S/c8-6-3-4(12-11)1-2-5(6)7(9)10/h1-3,5H,(H,9,10). The second-order valence-corrected chi connectivity index (χ2v) is 3.26. The van der Waals surface area contributed by atoms with Gasteiger partial charge in [0.05, 0.1) is 16.1 Å². The Morgan fingerprint density at radius 2 is 2.33 bits per heavy atom. The van der Waals surface area contributed by atoms with Crippen LogP contribution in [0.2, 0.25) is 0 Å². The van der Waals surface area contributed by atoms with Crippen molar-refractivity contribution >= 4 is 33.7 Å². The Labute approximate surface area is 77.4 Å². The molecule has 0 saturated heterocycles. The molecular formula is C7H5ClO3S. The predicted octanol–water partition coefficient (Wildman–Crippen LogP) is 0.765. The fourth-order valence-corrected chi connectivity index (χ4v) is 1.47. The van der Waals surface area contributed by atoms with Gasteiger partial charge in [0.25, 0.3) is 0 Å². The minimum absolute atomic E-state index is 0.170. The van der Waals surface area contributed by atoms with E-state index in [4.69, 9.17) is 16.7 Å². The predicted molar refractivity (Wildman–Crippen MR) is 47.4 cm³/mol. The van der Waals surface area contributed by atoms with E-state index in [0.29, 0.717) is 4.86 Å². The van der Waals surface area contributed by atoms with E-state index in [1.165, 1.54) is 18.2 Å². The van der Waals surface area contributed by atoms with Gasteiger partial charge in [0.2, 0.25) is 0 Å². The maximum absolute atomic E-state index is 10.5. The van der Waals surface area contributed by atoms with E-state index in [-0.39, 0.29) is 16.3 Å². The highest BCUT2D eigenvalue weighted by atomic mass is 35.5. The van der Waals surface area contributed by atoms with E-state index in [1.807, 2.05) is 0 Å². The number of carboxylic acids is 1. The van der Waals surface area contributed by atoms with Crippen molar-refractivity contribution in [2.45, 2.75) is 0 Å². The molecule has 1 atom stereocenters. The highest BCUT2D eigenvalue weighted by Gasteiger charge is 2.20. The summed E-state index contributed by atoms with van der Waals surface area (Å²) in [6, 6.07) is 0. The largest absolute Gasteiger partial charge is 0.481 e. The molecule has 1 rings (SSSR count). The van der Waals surface area contributed by atoms with Crippen LogP contribution in [0.5, 0.6) is 0 Å². The smallest absolute Gasteiger partial charge is 0.315 e. The van der Waals surface area contributed by atoms with Crippen molar-refractivity contribution < 1.29 is 14.1 Å². The normalized spacial score (nSPS) is 21.9. The number of hydrogen-bond donors (Lipinski definition) is 1. The first-order valence-electron chi connectivity index (χ1n) is 3.10. The second kappa shape index (κ2) is 3.69. The molecule has 0 amide bonds. The Morgan fingerprint density at radius 3 is 2.75 bits per heavy atom. The van der Waals surface area contributed by atoms with E-state index in [9.17, 15) is 9.00 Å². The number of carbonyl (C=O) groups is 1. The summed E-state index contributed by atoms with van der Waals surface area (Å²) in [7, 11) is 0. The lowest BCUT2D eigenvalue weighted by atomic mass is 10.0. The van der Waals surface area contributed by atoms with E-state index in [2.05, 4.69) is 0 Å². The number of aliphatic carboxylic acids is 1. The van der Waals surface area contributed by atoms with E-state index in [1.54, 1.807) is 0 Å². The quantitative estimate of drug-likeness (QED) is 0.642. The van der Waals surface area contributed by atoms with Crippen LogP contribution in [0.25, 0.3) is 0 Å². The molecule has 1 aliphatic carbocycles. The van der Waals surface area contributed by atoms with Crippen LogP contribution in [0, 0.1) is 5.92 Å². The molecule has 0 radical (unpaired) electrons. The summed E-state index contributed by atoms with van der Waals surface area (Å²) in [5.41, 5.74) is 0. The Balaban J connectivity index is 2.98. The fourth-order valence-electron chi connectivity index (χ4n) is 0.809. The molecular weight excluding hydrogens is 200 g/mol. The SMILES string of the molecule is O=S=C1C=CC(C(=O)O)C(Cl)=C1. The molecule has 0 heterocycles. The van der Waals surface area contributed by atoms with Gasteiger partial charge in [0.15, 0.2) is 0 Å². The molecule has 0 aromatic heterocycles. The Bertz CT molecular complexity index is 326. The molecule has 64 valence electrons. The molecule has 1 N–H and O–H groups in total. The zero-order chi connectivity index (χ0) is 9.14. The third-order valence-electron chi connectivity index (χ3n) is 1.39. The van der Waals surface area contributed by atoms with Crippen LogP contribution in [0.1, 0.15) is 0 Å². The number of hydrogen-bond acceptors (Lipinski definition) is 2. The third kappa shape index (κ3) is 1.84. The number of allylic oxidation sites excluding steroid dienone is 2. The topological polar surface area (TPSA) is 54.4 Å². The average molecular weight is 205 g/mol. The van der Waals surface area contributed by atoms with Gasteiger partial charge >= 0.3 is 5.97 Å². The lowest BCUT2D eigenvalue weighted by Gasteiger charge is -2.09. The van der Waals surface area contributed by atoms with Gasteiger partial charge in [-0.2, -0.15) is 0 Å². The molecule has 1 unspecified atom stereocenters. The summed E-state index contributed by atoms with van der Waals surface area (Å²) >= 11 is 5.90. The van der Waals surface area contributed by atoms with Gasteiger partial charge < -0.3 is 5.11 Å². The van der Waals surface area contributed by atoms with Crippen molar-refractivity contribution in [3.63, 3.8) is 0 Å². The van der Waals surface area contributed by atoms with Crippen LogP contribution in [-0.2, 0) is 16.1 Å². The van der Waals surface area contributed by atoms with Gasteiger partial charge in [-0.25, -0.2) is 4.21 Å². The Morgan fingerprint density at radius 1 is 1.67 bits per heavy atom. The maximum atomic E-state index is 10.5. The van der Waals surface area contributed by atoms with Crippen molar-refractivity contribution in [1.82, 2.24) is 0 Å². The molecule has 3 nitrogen and oxygen atoms in total. The molecule has 0 aliphatic heterocycles. The summed E-state index contributed by atoms with van der Waals surface area (Å²) in [6.07, 6.45) is 4.23. The molecule has 0 aromatic rings. The Hall–Kier alpha value is -0.870. The fraction of sp³-hybridized carbons (Fsp3) is 0.143. The lowest BCUT2D eigenvalue weighted by Crippen LogP contribution is -2.15. The molecule has 0 bridgehead atoms. The molecule has 0 aromatic carbocycles. The van der Waals surface area contributed by atoms with Crippen LogP contribution in [-0.4, -0.2) is 20.1 Å². The third-order valence-corrected chi connectivity index (χ3v) is 2.18. The second-order valence-electron chi connectivity index (χ2n) is 2.19. The van der Waals surface area contributed by atoms with E-state index in [0.717, 1.165) is 0 Å². The van der Waals surface area contributed by atoms with E-state index < -0.39 is 11.9 Å². The molecule has 1 aliphatic rings. The van der Waals surface area contributed by atoms with Crippen molar-refractivity contribution in [3.05, 3.63) is 23.3 Å². The zero-order valence-corrected chi connectivity index (χ0v) is 7.43. The lowest BCUT2D eigenvalue weighted by molar-refractivity contribution is -0.138.